The van der Waals surface area contributed by atoms with Gasteiger partial charge in [-0.15, -0.1) is 0 Å². The maximum atomic E-state index is 12.2. The van der Waals surface area contributed by atoms with Gasteiger partial charge in [0.05, 0.1) is 6.21 Å². The van der Waals surface area contributed by atoms with Gasteiger partial charge in [0.2, 0.25) is 0 Å². The first kappa shape index (κ1) is 17.0. The molecular formula is C20H24N4O. The second-order valence-electron chi connectivity index (χ2n) is 6.43. The number of rotatable bonds is 5. The van der Waals surface area contributed by atoms with Crippen molar-refractivity contribution in [2.24, 2.45) is 5.10 Å². The van der Waals surface area contributed by atoms with Crippen LogP contribution in [0.15, 0.2) is 53.6 Å². The van der Waals surface area contributed by atoms with Crippen LogP contribution < -0.4 is 15.2 Å². The number of hydrogen-bond donors (Lipinski definition) is 1. The second kappa shape index (κ2) is 7.83. The molecule has 2 aromatic carbocycles. The van der Waals surface area contributed by atoms with Crippen LogP contribution in [0, 0.1) is 0 Å². The van der Waals surface area contributed by atoms with Crippen molar-refractivity contribution in [2.75, 3.05) is 37.0 Å². The van der Waals surface area contributed by atoms with Crippen molar-refractivity contribution in [3.05, 3.63) is 59.7 Å². The standard InChI is InChI=1S/C20H24N4O/c1-23(2)19-7-5-6-17(14-19)20(25)22-21-15-16-8-10-18(11-9-16)24-12-3-4-13-24/h5-11,14-15H,3-4,12-13H2,1-2H3,(H,22,25)/b21-15-. The van der Waals surface area contributed by atoms with E-state index in [1.54, 1.807) is 12.3 Å². The molecule has 5 nitrogen and oxygen atoms in total. The first-order chi connectivity index (χ1) is 12.1. The van der Waals surface area contributed by atoms with Crippen molar-refractivity contribution in [3.63, 3.8) is 0 Å². The molecule has 0 saturated carbocycles. The largest absolute Gasteiger partial charge is 0.378 e. The maximum Gasteiger partial charge on any atom is 0.271 e. The van der Waals surface area contributed by atoms with Crippen molar-refractivity contribution in [3.8, 4) is 0 Å². The number of hydrogen-bond acceptors (Lipinski definition) is 4. The summed E-state index contributed by atoms with van der Waals surface area (Å²) in [5.41, 5.74) is 6.37. The molecule has 0 bridgehead atoms. The van der Waals surface area contributed by atoms with Crippen molar-refractivity contribution in [2.45, 2.75) is 12.8 Å². The first-order valence-corrected chi connectivity index (χ1v) is 8.59. The maximum absolute atomic E-state index is 12.2. The molecular weight excluding hydrogens is 312 g/mol. The van der Waals surface area contributed by atoms with E-state index in [1.165, 1.54) is 18.5 Å². The van der Waals surface area contributed by atoms with Crippen LogP contribution >= 0.6 is 0 Å². The average Bonchev–Trinajstić information content (AvgIpc) is 3.17. The normalized spacial score (nSPS) is 14.1. The Bertz CT molecular complexity index is 747. The van der Waals surface area contributed by atoms with Gasteiger partial charge in [0.15, 0.2) is 0 Å². The highest BCUT2D eigenvalue weighted by molar-refractivity contribution is 5.95. The van der Waals surface area contributed by atoms with Crippen LogP contribution in [0.5, 0.6) is 0 Å². The zero-order valence-electron chi connectivity index (χ0n) is 14.8. The lowest BCUT2D eigenvalue weighted by Crippen LogP contribution is -2.18. The molecule has 1 saturated heterocycles. The fraction of sp³-hybridized carbons (Fsp3) is 0.300. The van der Waals surface area contributed by atoms with Crippen LogP contribution in [0.4, 0.5) is 11.4 Å². The number of nitrogens with one attached hydrogen (secondary N) is 1. The summed E-state index contributed by atoms with van der Waals surface area (Å²) in [7, 11) is 3.89. The van der Waals surface area contributed by atoms with Gasteiger partial charge in [0, 0.05) is 44.1 Å². The number of amides is 1. The smallest absolute Gasteiger partial charge is 0.271 e. The fourth-order valence-electron chi connectivity index (χ4n) is 2.90. The molecule has 1 heterocycles. The molecule has 2 aromatic rings. The molecule has 25 heavy (non-hydrogen) atoms. The lowest BCUT2D eigenvalue weighted by molar-refractivity contribution is 0.0955. The van der Waals surface area contributed by atoms with Crippen molar-refractivity contribution < 1.29 is 4.79 Å². The summed E-state index contributed by atoms with van der Waals surface area (Å²) < 4.78 is 0. The number of carbonyl (C=O) groups excluding carboxylic acids is 1. The van der Waals surface area contributed by atoms with Gasteiger partial charge in [0.1, 0.15) is 0 Å². The monoisotopic (exact) mass is 336 g/mol. The highest BCUT2D eigenvalue weighted by Gasteiger charge is 2.11. The number of nitrogens with zero attached hydrogens (tertiary/aromatic N) is 3. The van der Waals surface area contributed by atoms with E-state index in [9.17, 15) is 4.79 Å². The Balaban J connectivity index is 1.59. The summed E-state index contributed by atoms with van der Waals surface area (Å²) in [4.78, 5) is 16.5. The highest BCUT2D eigenvalue weighted by atomic mass is 16.2. The fourth-order valence-corrected chi connectivity index (χ4v) is 2.90. The van der Waals surface area contributed by atoms with Gasteiger partial charge in [0.25, 0.3) is 5.91 Å². The van der Waals surface area contributed by atoms with E-state index in [0.717, 1.165) is 24.3 Å². The molecule has 0 spiro atoms. The third kappa shape index (κ3) is 4.38. The summed E-state index contributed by atoms with van der Waals surface area (Å²) in [5.74, 6) is -0.214. The quantitative estimate of drug-likeness (QED) is 0.674. The van der Waals surface area contributed by atoms with Crippen LogP contribution in [0.2, 0.25) is 0 Å². The van der Waals surface area contributed by atoms with Gasteiger partial charge in [-0.2, -0.15) is 5.10 Å². The minimum atomic E-state index is -0.214. The molecule has 1 aliphatic rings. The molecule has 0 atom stereocenters. The van der Waals surface area contributed by atoms with Crippen molar-refractivity contribution >= 4 is 23.5 Å². The second-order valence-corrected chi connectivity index (χ2v) is 6.43. The molecule has 1 aliphatic heterocycles. The van der Waals surface area contributed by atoms with Gasteiger partial charge in [-0.25, -0.2) is 5.43 Å². The first-order valence-electron chi connectivity index (χ1n) is 8.59. The van der Waals surface area contributed by atoms with E-state index < -0.39 is 0 Å². The van der Waals surface area contributed by atoms with E-state index in [-0.39, 0.29) is 5.91 Å². The van der Waals surface area contributed by atoms with Gasteiger partial charge in [-0.05, 0) is 48.7 Å². The Hall–Kier alpha value is -2.82. The lowest BCUT2D eigenvalue weighted by Gasteiger charge is -2.17. The van der Waals surface area contributed by atoms with E-state index in [4.69, 9.17) is 0 Å². The minimum absolute atomic E-state index is 0.214. The number of anilines is 2. The lowest BCUT2D eigenvalue weighted by atomic mass is 10.2. The number of carbonyl (C=O) groups is 1. The van der Waals surface area contributed by atoms with E-state index in [1.807, 2.05) is 49.3 Å². The summed E-state index contributed by atoms with van der Waals surface area (Å²) >= 11 is 0. The van der Waals surface area contributed by atoms with Crippen LogP contribution in [0.3, 0.4) is 0 Å². The topological polar surface area (TPSA) is 47.9 Å². The summed E-state index contributed by atoms with van der Waals surface area (Å²) in [5, 5.41) is 4.07. The van der Waals surface area contributed by atoms with E-state index >= 15 is 0 Å². The van der Waals surface area contributed by atoms with Crippen LogP contribution in [-0.2, 0) is 0 Å². The molecule has 0 aromatic heterocycles. The third-order valence-corrected chi connectivity index (χ3v) is 4.37. The van der Waals surface area contributed by atoms with Crippen LogP contribution in [0.25, 0.3) is 0 Å². The molecule has 1 fully saturated rings. The molecule has 5 heteroatoms. The van der Waals surface area contributed by atoms with E-state index in [0.29, 0.717) is 5.56 Å². The van der Waals surface area contributed by atoms with Gasteiger partial charge in [-0.1, -0.05) is 18.2 Å². The van der Waals surface area contributed by atoms with Crippen LogP contribution in [-0.4, -0.2) is 39.3 Å². The Morgan fingerprint density at radius 3 is 2.52 bits per heavy atom. The SMILES string of the molecule is CN(C)c1cccc(C(=O)N/N=C\c2ccc(N3CCCC3)cc2)c1. The van der Waals surface area contributed by atoms with Gasteiger partial charge in [-0.3, -0.25) is 4.79 Å². The summed E-state index contributed by atoms with van der Waals surface area (Å²) in [6.45, 7) is 2.27. The average molecular weight is 336 g/mol. The zero-order chi connectivity index (χ0) is 17.6. The molecule has 0 radical (unpaired) electrons. The molecule has 1 amide bonds. The Morgan fingerprint density at radius 1 is 1.12 bits per heavy atom. The molecule has 3 rings (SSSR count). The van der Waals surface area contributed by atoms with Crippen molar-refractivity contribution in [1.82, 2.24) is 5.43 Å². The van der Waals surface area contributed by atoms with E-state index in [2.05, 4.69) is 27.6 Å². The Morgan fingerprint density at radius 2 is 1.84 bits per heavy atom. The zero-order valence-corrected chi connectivity index (χ0v) is 14.8. The molecule has 0 unspecified atom stereocenters. The predicted octanol–water partition coefficient (Wildman–Crippen LogP) is 3.12. The molecule has 1 N–H and O–H groups in total. The molecule has 0 aliphatic carbocycles. The Labute approximate surface area is 148 Å². The minimum Gasteiger partial charge on any atom is -0.378 e. The van der Waals surface area contributed by atoms with Gasteiger partial charge < -0.3 is 9.80 Å². The summed E-state index contributed by atoms with van der Waals surface area (Å²) in [6, 6.07) is 15.7. The van der Waals surface area contributed by atoms with Crippen molar-refractivity contribution in [1.29, 1.82) is 0 Å². The Kier molecular flexibility index (Phi) is 5.33. The number of hydrazone groups is 1. The van der Waals surface area contributed by atoms with Gasteiger partial charge >= 0.3 is 0 Å². The highest BCUT2D eigenvalue weighted by Crippen LogP contribution is 2.20. The molecule has 130 valence electrons. The predicted molar refractivity (Wildman–Crippen MR) is 104 cm³/mol. The van der Waals surface area contributed by atoms with Crippen LogP contribution in [0.1, 0.15) is 28.8 Å². The number of benzene rings is 2. The summed E-state index contributed by atoms with van der Waals surface area (Å²) in [6.07, 6.45) is 4.20. The third-order valence-electron chi connectivity index (χ3n) is 4.37.